The van der Waals surface area contributed by atoms with Crippen LogP contribution in [0.25, 0.3) is 5.70 Å². The molecule has 7 nitrogen and oxygen atoms in total. The van der Waals surface area contributed by atoms with Crippen molar-refractivity contribution in [1.29, 1.82) is 0 Å². The summed E-state index contributed by atoms with van der Waals surface area (Å²) in [6.45, 7) is 8.46. The van der Waals surface area contributed by atoms with Crippen LogP contribution in [0.2, 0.25) is 0 Å². The zero-order chi connectivity index (χ0) is 22.7. The number of nitrogens with one attached hydrogen (secondary N) is 1. The van der Waals surface area contributed by atoms with E-state index in [1.807, 2.05) is 50.2 Å². The van der Waals surface area contributed by atoms with Gasteiger partial charge in [-0.05, 0) is 46.8 Å². The Morgan fingerprint density at radius 3 is 2.84 bits per heavy atom. The van der Waals surface area contributed by atoms with Crippen LogP contribution in [-0.4, -0.2) is 35.1 Å². The number of benzene rings is 2. The minimum Gasteiger partial charge on any atom is -0.490 e. The Balaban J connectivity index is 1.89. The lowest BCUT2D eigenvalue weighted by molar-refractivity contribution is -0.116. The molecular formula is C23H23BrN4O3S. The smallest absolute Gasteiger partial charge is 0.276 e. The zero-order valence-electron chi connectivity index (χ0n) is 17.8. The molecule has 0 fully saturated rings. The average molecular weight is 515 g/mol. The summed E-state index contributed by atoms with van der Waals surface area (Å²) >= 11 is 5.08. The zero-order valence-corrected chi connectivity index (χ0v) is 20.2. The van der Waals surface area contributed by atoms with Crippen LogP contribution in [0.5, 0.6) is 11.5 Å². The lowest BCUT2D eigenvalue weighted by Crippen LogP contribution is -2.50. The van der Waals surface area contributed by atoms with Gasteiger partial charge in [0.1, 0.15) is 12.3 Å². The number of nitrogens with zero attached hydrogens (tertiary/aromatic N) is 3. The Morgan fingerprint density at radius 1 is 1.28 bits per heavy atom. The third kappa shape index (κ3) is 4.27. The van der Waals surface area contributed by atoms with E-state index in [0.29, 0.717) is 35.6 Å². The van der Waals surface area contributed by atoms with E-state index in [1.165, 1.54) is 11.8 Å². The molecule has 0 bridgehead atoms. The first-order chi connectivity index (χ1) is 15.6. The van der Waals surface area contributed by atoms with Gasteiger partial charge >= 0.3 is 0 Å². The molecule has 2 aliphatic heterocycles. The standard InChI is InChI=1S/C23H23BrN4O3S/c1-4-11-31-20-16(24)12-14(13-18(20)30-5-2)21-25-17-10-8-7-9-15(17)19-22(29)26-23(32-6-3)27-28(19)21/h4,7-10,12-13,21H,1,5-6,11H2,2-3H3,(H,26,27,29)/t21-/m0/s1. The fourth-order valence-corrected chi connectivity index (χ4v) is 4.69. The van der Waals surface area contributed by atoms with Crippen LogP contribution in [0.3, 0.4) is 0 Å². The number of thioether (sulfide) groups is 1. The van der Waals surface area contributed by atoms with E-state index in [9.17, 15) is 4.79 Å². The SMILES string of the molecule is C=CCOc1c(Br)cc([C@H]2N=c3ccccc3=C3C(=O)NC(SCC)=NN32)cc1OCC. The van der Waals surface area contributed by atoms with Crippen LogP contribution in [-0.2, 0) is 4.79 Å². The van der Waals surface area contributed by atoms with Gasteiger partial charge in [-0.2, -0.15) is 0 Å². The Kier molecular flexibility index (Phi) is 6.86. The molecule has 2 aliphatic rings. The maximum atomic E-state index is 13.1. The largest absolute Gasteiger partial charge is 0.490 e. The highest BCUT2D eigenvalue weighted by atomic mass is 79.9. The first kappa shape index (κ1) is 22.4. The minimum atomic E-state index is -0.539. The van der Waals surface area contributed by atoms with Crippen molar-refractivity contribution in [1.82, 2.24) is 10.3 Å². The summed E-state index contributed by atoms with van der Waals surface area (Å²) in [5.74, 6) is 1.77. The van der Waals surface area contributed by atoms with Gasteiger partial charge < -0.3 is 9.47 Å². The molecular weight excluding hydrogens is 492 g/mol. The maximum Gasteiger partial charge on any atom is 0.276 e. The number of halogens is 1. The van der Waals surface area contributed by atoms with Gasteiger partial charge in [-0.1, -0.05) is 49.5 Å². The summed E-state index contributed by atoms with van der Waals surface area (Å²) in [5, 5.41) is 11.4. The molecule has 9 heteroatoms. The predicted molar refractivity (Wildman–Crippen MR) is 130 cm³/mol. The first-order valence-electron chi connectivity index (χ1n) is 10.3. The Labute approximate surface area is 199 Å². The number of hydrazone groups is 1. The molecule has 4 rings (SSSR count). The van der Waals surface area contributed by atoms with Crippen molar-refractivity contribution < 1.29 is 14.3 Å². The van der Waals surface area contributed by atoms with Crippen LogP contribution >= 0.6 is 27.7 Å². The van der Waals surface area contributed by atoms with Gasteiger partial charge in [0.05, 0.1) is 16.4 Å². The molecule has 1 N–H and O–H groups in total. The van der Waals surface area contributed by atoms with E-state index in [2.05, 4.69) is 27.8 Å². The van der Waals surface area contributed by atoms with Gasteiger partial charge in [0.15, 0.2) is 22.8 Å². The van der Waals surface area contributed by atoms with Gasteiger partial charge in [0.25, 0.3) is 5.91 Å². The van der Waals surface area contributed by atoms with E-state index < -0.39 is 6.17 Å². The second-order valence-corrected chi connectivity index (χ2v) is 8.98. The summed E-state index contributed by atoms with van der Waals surface area (Å²) in [4.78, 5) is 18.0. The number of amides is 1. The predicted octanol–water partition coefficient (Wildman–Crippen LogP) is 3.31. The summed E-state index contributed by atoms with van der Waals surface area (Å²) in [7, 11) is 0. The number of fused-ring (bicyclic) bond motifs is 2. The quantitative estimate of drug-likeness (QED) is 0.573. The minimum absolute atomic E-state index is 0.196. The molecule has 32 heavy (non-hydrogen) atoms. The monoisotopic (exact) mass is 514 g/mol. The highest BCUT2D eigenvalue weighted by molar-refractivity contribution is 9.10. The van der Waals surface area contributed by atoms with E-state index in [-0.39, 0.29) is 5.91 Å². The lowest BCUT2D eigenvalue weighted by atomic mass is 10.1. The first-order valence-corrected chi connectivity index (χ1v) is 12.0. The van der Waals surface area contributed by atoms with Gasteiger partial charge in [0, 0.05) is 10.8 Å². The molecule has 0 radical (unpaired) electrons. The maximum absolute atomic E-state index is 13.1. The van der Waals surface area contributed by atoms with Crippen molar-refractivity contribution in [3.05, 3.63) is 69.7 Å². The van der Waals surface area contributed by atoms with E-state index in [0.717, 1.165) is 26.4 Å². The highest BCUT2D eigenvalue weighted by Crippen LogP contribution is 2.41. The topological polar surface area (TPSA) is 75.5 Å². The number of para-hydroxylation sites is 1. The van der Waals surface area contributed by atoms with Crippen molar-refractivity contribution in [2.45, 2.75) is 20.0 Å². The van der Waals surface area contributed by atoms with Crippen LogP contribution < -0.4 is 25.4 Å². The molecule has 0 aromatic heterocycles. The molecule has 2 aromatic rings. The normalized spacial score (nSPS) is 16.9. The molecule has 0 unspecified atom stereocenters. The number of hydrogen-bond donors (Lipinski definition) is 1. The van der Waals surface area contributed by atoms with Crippen molar-refractivity contribution in [2.24, 2.45) is 10.1 Å². The van der Waals surface area contributed by atoms with Crippen molar-refractivity contribution in [3.8, 4) is 11.5 Å². The van der Waals surface area contributed by atoms with E-state index in [1.54, 1.807) is 11.1 Å². The third-order valence-corrected chi connectivity index (χ3v) is 6.11. The number of hydrogen-bond acceptors (Lipinski definition) is 7. The van der Waals surface area contributed by atoms with Crippen LogP contribution in [0.15, 0.2) is 63.6 Å². The number of carbonyl (C=O) groups is 1. The molecule has 0 aliphatic carbocycles. The molecule has 2 heterocycles. The summed E-state index contributed by atoms with van der Waals surface area (Å²) < 4.78 is 12.4. The van der Waals surface area contributed by atoms with Crippen LogP contribution in [0, 0.1) is 0 Å². The van der Waals surface area contributed by atoms with Gasteiger partial charge in [-0.15, -0.1) is 5.10 Å². The van der Waals surface area contributed by atoms with Crippen LogP contribution in [0.4, 0.5) is 0 Å². The van der Waals surface area contributed by atoms with Gasteiger partial charge in [-0.3, -0.25) is 15.1 Å². The average Bonchev–Trinajstić information content (AvgIpc) is 2.78. The highest BCUT2D eigenvalue weighted by Gasteiger charge is 2.35. The summed E-state index contributed by atoms with van der Waals surface area (Å²) in [5.41, 5.74) is 1.29. The Bertz CT molecular complexity index is 1210. The summed E-state index contributed by atoms with van der Waals surface area (Å²) in [6.07, 6.45) is 1.14. The number of amidine groups is 1. The van der Waals surface area contributed by atoms with Gasteiger partial charge in [-0.25, -0.2) is 5.01 Å². The lowest BCUT2D eigenvalue weighted by Gasteiger charge is -2.34. The number of rotatable bonds is 7. The molecule has 0 saturated carbocycles. The second-order valence-electron chi connectivity index (χ2n) is 6.87. The van der Waals surface area contributed by atoms with Gasteiger partial charge in [0.2, 0.25) is 0 Å². The Hall–Kier alpha value is -2.78. The molecule has 0 saturated heterocycles. The van der Waals surface area contributed by atoms with E-state index >= 15 is 0 Å². The second kappa shape index (κ2) is 9.79. The third-order valence-electron chi connectivity index (χ3n) is 4.77. The molecule has 166 valence electrons. The molecule has 2 aromatic carbocycles. The van der Waals surface area contributed by atoms with Crippen LogP contribution in [0.1, 0.15) is 25.6 Å². The fraction of sp³-hybridized carbons (Fsp3) is 0.261. The van der Waals surface area contributed by atoms with Crippen molar-refractivity contribution in [2.75, 3.05) is 19.0 Å². The van der Waals surface area contributed by atoms with Crippen molar-refractivity contribution in [3.63, 3.8) is 0 Å². The summed E-state index contributed by atoms with van der Waals surface area (Å²) in [6, 6.07) is 11.4. The van der Waals surface area contributed by atoms with Crippen molar-refractivity contribution >= 4 is 44.5 Å². The number of carbonyl (C=O) groups excluding carboxylic acids is 1. The van der Waals surface area contributed by atoms with E-state index in [4.69, 9.17) is 19.6 Å². The number of ether oxygens (including phenoxy) is 2. The molecule has 1 amide bonds. The molecule has 1 atom stereocenters. The molecule has 0 spiro atoms. The Morgan fingerprint density at radius 2 is 2.09 bits per heavy atom. The fourth-order valence-electron chi connectivity index (χ4n) is 3.53.